The standard InChI is InChI=1S/C17H18FNO2/c1-2-17(16(20)21,12-13-8-4-3-5-9-13)19-15-11-7-6-10-14(15)18/h3-11,19H,2,12H2,1H3,(H,20,21). The van der Waals surface area contributed by atoms with Gasteiger partial charge in [0.2, 0.25) is 0 Å². The number of rotatable bonds is 6. The van der Waals surface area contributed by atoms with E-state index in [2.05, 4.69) is 5.32 Å². The van der Waals surface area contributed by atoms with E-state index in [1.54, 1.807) is 25.1 Å². The lowest BCUT2D eigenvalue weighted by atomic mass is 9.87. The average molecular weight is 287 g/mol. The van der Waals surface area contributed by atoms with Gasteiger partial charge in [-0.3, -0.25) is 0 Å². The number of halogens is 1. The first-order valence-electron chi connectivity index (χ1n) is 6.87. The van der Waals surface area contributed by atoms with E-state index in [-0.39, 0.29) is 12.1 Å². The van der Waals surface area contributed by atoms with Gasteiger partial charge < -0.3 is 10.4 Å². The molecule has 3 nitrogen and oxygen atoms in total. The molecule has 0 saturated carbocycles. The molecule has 2 rings (SSSR count). The summed E-state index contributed by atoms with van der Waals surface area (Å²) in [5.41, 5.74) is -0.132. The van der Waals surface area contributed by atoms with Gasteiger partial charge >= 0.3 is 5.97 Å². The number of nitrogens with one attached hydrogen (secondary N) is 1. The van der Waals surface area contributed by atoms with Crippen LogP contribution in [0.4, 0.5) is 10.1 Å². The molecule has 21 heavy (non-hydrogen) atoms. The van der Waals surface area contributed by atoms with Gasteiger partial charge in [0.05, 0.1) is 5.69 Å². The molecule has 0 heterocycles. The Balaban J connectivity index is 2.33. The van der Waals surface area contributed by atoms with Crippen molar-refractivity contribution < 1.29 is 14.3 Å². The molecule has 2 aromatic carbocycles. The number of aliphatic carboxylic acids is 1. The Kier molecular flexibility index (Phi) is 4.58. The van der Waals surface area contributed by atoms with Crippen LogP contribution >= 0.6 is 0 Å². The van der Waals surface area contributed by atoms with Crippen molar-refractivity contribution in [2.75, 3.05) is 5.32 Å². The van der Waals surface area contributed by atoms with Crippen LogP contribution < -0.4 is 5.32 Å². The molecule has 0 aliphatic heterocycles. The Morgan fingerprint density at radius 2 is 1.76 bits per heavy atom. The summed E-state index contributed by atoms with van der Waals surface area (Å²) in [4.78, 5) is 11.8. The maximum atomic E-state index is 13.8. The van der Waals surface area contributed by atoms with E-state index in [4.69, 9.17) is 0 Å². The van der Waals surface area contributed by atoms with Gasteiger partial charge in [0.1, 0.15) is 11.4 Å². The molecule has 0 aliphatic rings. The molecule has 0 fully saturated rings. The van der Waals surface area contributed by atoms with Crippen LogP contribution in [0.25, 0.3) is 0 Å². The highest BCUT2D eigenvalue weighted by Crippen LogP contribution is 2.25. The maximum Gasteiger partial charge on any atom is 0.329 e. The van der Waals surface area contributed by atoms with E-state index < -0.39 is 17.3 Å². The second-order valence-electron chi connectivity index (χ2n) is 5.01. The van der Waals surface area contributed by atoms with Crippen LogP contribution in [0.2, 0.25) is 0 Å². The Morgan fingerprint density at radius 3 is 2.33 bits per heavy atom. The van der Waals surface area contributed by atoms with Gasteiger partial charge in [-0.1, -0.05) is 49.4 Å². The SMILES string of the molecule is CCC(Cc1ccccc1)(Nc1ccccc1F)C(=O)O. The molecule has 4 heteroatoms. The summed E-state index contributed by atoms with van der Waals surface area (Å²) in [6, 6.07) is 15.5. The van der Waals surface area contributed by atoms with Crippen LogP contribution in [0, 0.1) is 5.82 Å². The number of carboxylic acids is 1. The molecule has 0 amide bonds. The Labute approximate surface area is 123 Å². The lowest BCUT2D eigenvalue weighted by Gasteiger charge is -2.31. The molecule has 0 saturated heterocycles. The number of carbonyl (C=O) groups is 1. The number of benzene rings is 2. The Hall–Kier alpha value is -2.36. The lowest BCUT2D eigenvalue weighted by Crippen LogP contribution is -2.48. The monoisotopic (exact) mass is 287 g/mol. The fraction of sp³-hybridized carbons (Fsp3) is 0.235. The topological polar surface area (TPSA) is 49.3 Å². The van der Waals surface area contributed by atoms with Crippen molar-refractivity contribution in [3.8, 4) is 0 Å². The molecule has 0 aliphatic carbocycles. The molecule has 1 atom stereocenters. The van der Waals surface area contributed by atoms with Gasteiger partial charge in [-0.2, -0.15) is 0 Å². The molecule has 0 radical (unpaired) electrons. The maximum absolute atomic E-state index is 13.8. The number of anilines is 1. The minimum absolute atomic E-state index is 0.206. The molecular weight excluding hydrogens is 269 g/mol. The number of hydrogen-bond acceptors (Lipinski definition) is 2. The van der Waals surface area contributed by atoms with Crippen LogP contribution in [0.5, 0.6) is 0 Å². The fourth-order valence-corrected chi connectivity index (χ4v) is 2.30. The molecular formula is C17H18FNO2. The Morgan fingerprint density at radius 1 is 1.14 bits per heavy atom. The van der Waals surface area contributed by atoms with Crippen LogP contribution in [0.15, 0.2) is 54.6 Å². The van der Waals surface area contributed by atoms with Gasteiger partial charge in [0, 0.05) is 6.42 Å². The molecule has 0 bridgehead atoms. The second-order valence-corrected chi connectivity index (χ2v) is 5.01. The predicted octanol–water partition coefficient (Wildman–Crippen LogP) is 3.71. The zero-order valence-corrected chi connectivity index (χ0v) is 11.8. The van der Waals surface area contributed by atoms with E-state index in [1.165, 1.54) is 6.07 Å². The third kappa shape index (κ3) is 3.40. The highest BCUT2D eigenvalue weighted by molar-refractivity contribution is 5.83. The van der Waals surface area contributed by atoms with Crippen molar-refractivity contribution in [3.63, 3.8) is 0 Å². The van der Waals surface area contributed by atoms with Gasteiger partial charge in [-0.05, 0) is 24.1 Å². The van der Waals surface area contributed by atoms with E-state index in [1.807, 2.05) is 30.3 Å². The third-order valence-corrected chi connectivity index (χ3v) is 3.61. The second kappa shape index (κ2) is 6.39. The number of carboxylic acid groups (broad SMARTS) is 1. The minimum atomic E-state index is -1.23. The molecule has 0 spiro atoms. The van der Waals surface area contributed by atoms with Gasteiger partial charge in [0.15, 0.2) is 0 Å². The first-order valence-corrected chi connectivity index (χ1v) is 6.87. The summed E-state index contributed by atoms with van der Waals surface area (Å²) in [7, 11) is 0. The summed E-state index contributed by atoms with van der Waals surface area (Å²) in [5.74, 6) is -1.44. The van der Waals surface area contributed by atoms with Crippen molar-refractivity contribution >= 4 is 11.7 Å². The number of para-hydroxylation sites is 1. The van der Waals surface area contributed by atoms with E-state index in [9.17, 15) is 14.3 Å². The zero-order chi connectivity index (χ0) is 15.3. The first kappa shape index (κ1) is 15.0. The summed E-state index contributed by atoms with van der Waals surface area (Å²) >= 11 is 0. The quantitative estimate of drug-likeness (QED) is 0.851. The van der Waals surface area contributed by atoms with Crippen molar-refractivity contribution in [2.45, 2.75) is 25.3 Å². The Bertz CT molecular complexity index is 615. The highest BCUT2D eigenvalue weighted by Gasteiger charge is 2.37. The summed E-state index contributed by atoms with van der Waals surface area (Å²) in [6.45, 7) is 1.78. The van der Waals surface area contributed by atoms with Crippen LogP contribution in [0.1, 0.15) is 18.9 Å². The summed E-state index contributed by atoms with van der Waals surface area (Å²) in [6.07, 6.45) is 0.625. The molecule has 2 N–H and O–H groups in total. The van der Waals surface area contributed by atoms with Crippen molar-refractivity contribution in [3.05, 3.63) is 66.0 Å². The van der Waals surface area contributed by atoms with Crippen molar-refractivity contribution in [2.24, 2.45) is 0 Å². The minimum Gasteiger partial charge on any atom is -0.479 e. The predicted molar refractivity (Wildman–Crippen MR) is 80.8 cm³/mol. The first-order chi connectivity index (χ1) is 10.1. The lowest BCUT2D eigenvalue weighted by molar-refractivity contribution is -0.142. The zero-order valence-electron chi connectivity index (χ0n) is 11.8. The van der Waals surface area contributed by atoms with E-state index in [0.29, 0.717) is 6.42 Å². The summed E-state index contributed by atoms with van der Waals surface area (Å²) in [5, 5.41) is 12.5. The van der Waals surface area contributed by atoms with Crippen molar-refractivity contribution in [1.29, 1.82) is 0 Å². The average Bonchev–Trinajstić information content (AvgIpc) is 2.49. The van der Waals surface area contributed by atoms with E-state index >= 15 is 0 Å². The number of hydrogen-bond donors (Lipinski definition) is 2. The fourth-order valence-electron chi connectivity index (χ4n) is 2.30. The normalized spacial score (nSPS) is 13.4. The van der Waals surface area contributed by atoms with Crippen LogP contribution in [-0.2, 0) is 11.2 Å². The van der Waals surface area contributed by atoms with Gasteiger partial charge in [0.25, 0.3) is 0 Å². The third-order valence-electron chi connectivity index (χ3n) is 3.61. The largest absolute Gasteiger partial charge is 0.479 e. The van der Waals surface area contributed by atoms with Gasteiger partial charge in [-0.25, -0.2) is 9.18 Å². The smallest absolute Gasteiger partial charge is 0.329 e. The summed E-state index contributed by atoms with van der Waals surface area (Å²) < 4.78 is 13.8. The van der Waals surface area contributed by atoms with Crippen molar-refractivity contribution in [1.82, 2.24) is 0 Å². The van der Waals surface area contributed by atoms with Crippen LogP contribution in [-0.4, -0.2) is 16.6 Å². The highest BCUT2D eigenvalue weighted by atomic mass is 19.1. The molecule has 0 aromatic heterocycles. The molecule has 110 valence electrons. The molecule has 2 aromatic rings. The van der Waals surface area contributed by atoms with Crippen LogP contribution in [0.3, 0.4) is 0 Å². The molecule has 1 unspecified atom stereocenters. The van der Waals surface area contributed by atoms with E-state index in [0.717, 1.165) is 5.56 Å². The van der Waals surface area contributed by atoms with Gasteiger partial charge in [-0.15, -0.1) is 0 Å².